The summed E-state index contributed by atoms with van der Waals surface area (Å²) in [5.41, 5.74) is 0.678. The van der Waals surface area contributed by atoms with Crippen molar-refractivity contribution in [1.29, 1.82) is 0 Å². The normalized spacial score (nSPS) is 13.1. The van der Waals surface area contributed by atoms with Gasteiger partial charge in [-0.3, -0.25) is 4.79 Å². The number of hydrogen-bond acceptors (Lipinski definition) is 3. The number of carboxylic acids is 1. The third-order valence-corrected chi connectivity index (χ3v) is 5.50. The number of benzene rings is 2. The van der Waals surface area contributed by atoms with Crippen molar-refractivity contribution in [3.63, 3.8) is 0 Å². The van der Waals surface area contributed by atoms with Crippen LogP contribution in [0, 0.1) is 5.82 Å². The fourth-order valence-corrected chi connectivity index (χ4v) is 4.04. The molecule has 5 nitrogen and oxygen atoms in total. The molecule has 0 fully saturated rings. The molecule has 1 amide bonds. The Balaban J connectivity index is 2.23. The monoisotopic (exact) mass is 426 g/mol. The topological polar surface area (TPSA) is 71.7 Å². The van der Waals surface area contributed by atoms with E-state index in [1.807, 2.05) is 0 Å². The van der Waals surface area contributed by atoms with Crippen LogP contribution in [0.2, 0.25) is 10.0 Å². The van der Waals surface area contributed by atoms with Gasteiger partial charge in [-0.25, -0.2) is 9.18 Å². The van der Waals surface area contributed by atoms with Crippen molar-refractivity contribution >= 4 is 56.6 Å². The molecule has 0 aliphatic carbocycles. The van der Waals surface area contributed by atoms with Crippen molar-refractivity contribution in [2.24, 2.45) is 4.99 Å². The van der Waals surface area contributed by atoms with Gasteiger partial charge in [0.15, 0.2) is 4.80 Å². The Labute approximate surface area is 167 Å². The lowest BCUT2D eigenvalue weighted by Gasteiger charge is -2.13. The van der Waals surface area contributed by atoms with Crippen molar-refractivity contribution in [3.8, 4) is 0 Å². The van der Waals surface area contributed by atoms with Gasteiger partial charge in [-0.2, -0.15) is 4.99 Å². The van der Waals surface area contributed by atoms with Crippen LogP contribution in [0.3, 0.4) is 0 Å². The fourth-order valence-electron chi connectivity index (χ4n) is 2.64. The fraction of sp³-hybridized carbons (Fsp3) is 0.167. The van der Waals surface area contributed by atoms with E-state index in [0.29, 0.717) is 10.5 Å². The Morgan fingerprint density at radius 2 is 2.00 bits per heavy atom. The number of carbonyl (C=O) groups excluding carboxylic acids is 1. The van der Waals surface area contributed by atoms with Gasteiger partial charge in [0.1, 0.15) is 11.9 Å². The first kappa shape index (κ1) is 19.5. The lowest BCUT2D eigenvalue weighted by atomic mass is 10.2. The van der Waals surface area contributed by atoms with Crippen LogP contribution in [0.4, 0.5) is 4.39 Å². The minimum absolute atomic E-state index is 0.104. The number of carboxylic acid groups (broad SMARTS) is 1. The minimum Gasteiger partial charge on any atom is -0.480 e. The summed E-state index contributed by atoms with van der Waals surface area (Å²) in [7, 11) is 0. The van der Waals surface area contributed by atoms with Crippen molar-refractivity contribution in [1.82, 2.24) is 4.57 Å². The van der Waals surface area contributed by atoms with E-state index in [4.69, 9.17) is 23.2 Å². The zero-order valence-corrected chi connectivity index (χ0v) is 16.3. The summed E-state index contributed by atoms with van der Waals surface area (Å²) in [6.07, 6.45) is 0.289. The van der Waals surface area contributed by atoms with Gasteiger partial charge in [-0.1, -0.05) is 41.5 Å². The maximum absolute atomic E-state index is 13.3. The first-order chi connectivity index (χ1) is 12.8. The quantitative estimate of drug-likeness (QED) is 0.642. The molecule has 0 radical (unpaired) electrons. The molecule has 140 valence electrons. The van der Waals surface area contributed by atoms with Crippen molar-refractivity contribution in [2.45, 2.75) is 19.4 Å². The van der Waals surface area contributed by atoms with E-state index in [1.54, 1.807) is 25.1 Å². The highest BCUT2D eigenvalue weighted by Gasteiger charge is 2.22. The number of aromatic nitrogens is 1. The first-order valence-corrected chi connectivity index (χ1v) is 9.46. The Morgan fingerprint density at radius 1 is 1.26 bits per heavy atom. The summed E-state index contributed by atoms with van der Waals surface area (Å²) < 4.78 is 15.5. The van der Waals surface area contributed by atoms with E-state index < -0.39 is 23.7 Å². The summed E-state index contributed by atoms with van der Waals surface area (Å²) >= 11 is 13.0. The molecule has 2 aromatic carbocycles. The standard InChI is InChI=1S/C18H13Cl2FN2O3S/c1-2-13(17(25)26)23-14-8-10(19)4-6-15(14)27-18(23)22-16(24)9-3-5-12(21)11(20)7-9/h3-8,13H,2H2,1H3,(H,25,26)/b22-18-. The van der Waals surface area contributed by atoms with Gasteiger partial charge in [0.25, 0.3) is 5.91 Å². The highest BCUT2D eigenvalue weighted by Crippen LogP contribution is 2.26. The van der Waals surface area contributed by atoms with Crippen LogP contribution in [-0.2, 0) is 4.79 Å². The summed E-state index contributed by atoms with van der Waals surface area (Å²) in [5, 5.41) is 9.83. The molecule has 1 aromatic heterocycles. The second-order valence-corrected chi connectivity index (χ2v) is 7.53. The zero-order valence-electron chi connectivity index (χ0n) is 13.9. The van der Waals surface area contributed by atoms with E-state index in [1.165, 1.54) is 28.0 Å². The second-order valence-electron chi connectivity index (χ2n) is 5.67. The Hall–Kier alpha value is -2.22. The Kier molecular flexibility index (Phi) is 5.64. The molecule has 0 aliphatic heterocycles. The first-order valence-electron chi connectivity index (χ1n) is 7.89. The number of amides is 1. The maximum Gasteiger partial charge on any atom is 0.326 e. The van der Waals surface area contributed by atoms with Crippen LogP contribution in [0.1, 0.15) is 29.7 Å². The summed E-state index contributed by atoms with van der Waals surface area (Å²) in [6, 6.07) is 7.68. The number of hydrogen-bond donors (Lipinski definition) is 1. The molecule has 1 N–H and O–H groups in total. The van der Waals surface area contributed by atoms with Gasteiger partial charge in [-0.15, -0.1) is 0 Å². The molecular formula is C18H13Cl2FN2O3S. The highest BCUT2D eigenvalue weighted by atomic mass is 35.5. The average Bonchev–Trinajstić information content (AvgIpc) is 2.95. The molecule has 3 aromatic rings. The van der Waals surface area contributed by atoms with E-state index in [-0.39, 0.29) is 21.8 Å². The maximum atomic E-state index is 13.3. The summed E-state index contributed by atoms with van der Waals surface area (Å²) in [5.74, 6) is -2.34. The van der Waals surface area contributed by atoms with E-state index in [2.05, 4.69) is 4.99 Å². The predicted octanol–water partition coefficient (Wildman–Crippen LogP) is 4.93. The van der Waals surface area contributed by atoms with E-state index in [9.17, 15) is 19.1 Å². The van der Waals surface area contributed by atoms with E-state index in [0.717, 1.165) is 10.8 Å². The van der Waals surface area contributed by atoms with Crippen LogP contribution in [-0.4, -0.2) is 21.6 Å². The Bertz CT molecular complexity index is 1120. The molecule has 0 spiro atoms. The number of aliphatic carboxylic acids is 1. The lowest BCUT2D eigenvalue weighted by molar-refractivity contribution is -0.140. The van der Waals surface area contributed by atoms with Crippen molar-refractivity contribution < 1.29 is 19.1 Å². The summed E-state index contributed by atoms with van der Waals surface area (Å²) in [4.78, 5) is 28.5. The molecule has 0 saturated heterocycles. The van der Waals surface area contributed by atoms with Gasteiger partial charge >= 0.3 is 5.97 Å². The average molecular weight is 427 g/mol. The number of carbonyl (C=O) groups is 2. The largest absolute Gasteiger partial charge is 0.480 e. The van der Waals surface area contributed by atoms with Gasteiger partial charge in [0.05, 0.1) is 15.2 Å². The molecule has 3 rings (SSSR count). The third-order valence-electron chi connectivity index (χ3n) is 3.94. The lowest BCUT2D eigenvalue weighted by Crippen LogP contribution is -2.27. The minimum atomic E-state index is -1.05. The van der Waals surface area contributed by atoms with Crippen LogP contribution in [0.25, 0.3) is 10.2 Å². The number of fused-ring (bicyclic) bond motifs is 1. The number of rotatable bonds is 4. The smallest absolute Gasteiger partial charge is 0.326 e. The molecular weight excluding hydrogens is 414 g/mol. The van der Waals surface area contributed by atoms with Crippen molar-refractivity contribution in [2.75, 3.05) is 0 Å². The van der Waals surface area contributed by atoms with Gasteiger partial charge in [-0.05, 0) is 42.8 Å². The highest BCUT2D eigenvalue weighted by molar-refractivity contribution is 7.16. The number of halogens is 3. The predicted molar refractivity (Wildman–Crippen MR) is 103 cm³/mol. The van der Waals surface area contributed by atoms with Crippen LogP contribution < -0.4 is 4.80 Å². The van der Waals surface area contributed by atoms with Crippen LogP contribution in [0.5, 0.6) is 0 Å². The molecule has 9 heteroatoms. The molecule has 0 bridgehead atoms. The zero-order chi connectivity index (χ0) is 19.7. The molecule has 0 saturated carbocycles. The molecule has 27 heavy (non-hydrogen) atoms. The molecule has 1 heterocycles. The van der Waals surface area contributed by atoms with Crippen LogP contribution >= 0.6 is 34.5 Å². The van der Waals surface area contributed by atoms with Crippen molar-refractivity contribution in [3.05, 3.63) is 62.6 Å². The third kappa shape index (κ3) is 3.90. The number of thiazole rings is 1. The summed E-state index contributed by atoms with van der Waals surface area (Å²) in [6.45, 7) is 1.73. The van der Waals surface area contributed by atoms with Gasteiger partial charge in [0.2, 0.25) is 0 Å². The SMILES string of the molecule is CCC(C(=O)O)n1/c(=N/C(=O)c2ccc(F)c(Cl)c2)sc2ccc(Cl)cc21. The molecule has 0 aliphatic rings. The van der Waals surface area contributed by atoms with Gasteiger partial charge < -0.3 is 9.67 Å². The Morgan fingerprint density at radius 3 is 2.63 bits per heavy atom. The van der Waals surface area contributed by atoms with E-state index >= 15 is 0 Å². The van der Waals surface area contributed by atoms with Gasteiger partial charge in [0, 0.05) is 10.6 Å². The number of nitrogens with zero attached hydrogens (tertiary/aromatic N) is 2. The molecule has 1 atom stereocenters. The second kappa shape index (κ2) is 7.80. The van der Waals surface area contributed by atoms with Crippen LogP contribution in [0.15, 0.2) is 41.4 Å². The molecule has 1 unspecified atom stereocenters.